The third kappa shape index (κ3) is 4.02. The van der Waals surface area contributed by atoms with Gasteiger partial charge in [0.15, 0.2) is 0 Å². The van der Waals surface area contributed by atoms with Crippen molar-refractivity contribution in [3.63, 3.8) is 0 Å². The molecule has 0 aliphatic carbocycles. The monoisotopic (exact) mass is 442 g/mol. The van der Waals surface area contributed by atoms with E-state index in [4.69, 9.17) is 39.5 Å². The van der Waals surface area contributed by atoms with E-state index in [2.05, 4.69) is 31.9 Å². The Bertz CT molecular complexity index is 617. The molecule has 0 aliphatic heterocycles. The van der Waals surface area contributed by atoms with Crippen LogP contribution in [-0.4, -0.2) is 0 Å². The highest BCUT2D eigenvalue weighted by atomic mass is 79.9. The predicted octanol–water partition coefficient (Wildman–Crippen LogP) is 6.75. The molecule has 0 N–H and O–H groups in total. The van der Waals surface area contributed by atoms with Gasteiger partial charge in [-0.05, 0) is 34.1 Å². The first-order valence-corrected chi connectivity index (χ1v) is 7.90. The summed E-state index contributed by atoms with van der Waals surface area (Å²) in [6.07, 6.45) is 0. The molecule has 0 aliphatic rings. The van der Waals surface area contributed by atoms with Gasteiger partial charge in [0.25, 0.3) is 0 Å². The quantitative estimate of drug-likeness (QED) is 0.475. The van der Waals surface area contributed by atoms with Crippen LogP contribution < -0.4 is 4.74 Å². The van der Waals surface area contributed by atoms with Crippen molar-refractivity contribution in [1.29, 1.82) is 0 Å². The number of ether oxygens (including phenoxy) is 1. The lowest BCUT2D eigenvalue weighted by Gasteiger charge is -2.10. The molecule has 19 heavy (non-hydrogen) atoms. The van der Waals surface area contributed by atoms with Crippen LogP contribution in [0, 0.1) is 0 Å². The van der Waals surface area contributed by atoms with Crippen LogP contribution in [0.5, 0.6) is 5.75 Å². The molecule has 0 saturated carbocycles. The van der Waals surface area contributed by atoms with Gasteiger partial charge in [0, 0.05) is 25.6 Å². The van der Waals surface area contributed by atoms with E-state index in [1.165, 1.54) is 0 Å². The maximum Gasteiger partial charge on any atom is 0.139 e. The fraction of sp³-hybridized carbons (Fsp3) is 0.0769. The second kappa shape index (κ2) is 6.68. The molecule has 2 aromatic carbocycles. The van der Waals surface area contributed by atoms with E-state index in [1.807, 2.05) is 18.2 Å². The van der Waals surface area contributed by atoms with Gasteiger partial charge in [-0.1, -0.05) is 56.8 Å². The molecule has 0 amide bonds. The average molecular weight is 445 g/mol. The van der Waals surface area contributed by atoms with Crippen LogP contribution in [0.15, 0.2) is 39.3 Å². The van der Waals surface area contributed by atoms with Gasteiger partial charge in [-0.15, -0.1) is 0 Å². The fourth-order valence-electron chi connectivity index (χ4n) is 1.41. The standard InChI is InChI=1S/C13H7Br2Cl3O/c14-8-2-1-7(10(16)3-8)6-19-13-5-11(17)9(15)4-12(13)18/h1-5H,6H2. The van der Waals surface area contributed by atoms with Crippen LogP contribution in [0.4, 0.5) is 0 Å². The van der Waals surface area contributed by atoms with Gasteiger partial charge < -0.3 is 4.74 Å². The molecular formula is C13H7Br2Cl3O. The Morgan fingerprint density at radius 1 is 0.895 bits per heavy atom. The van der Waals surface area contributed by atoms with E-state index in [9.17, 15) is 0 Å². The Morgan fingerprint density at radius 2 is 1.63 bits per heavy atom. The summed E-state index contributed by atoms with van der Waals surface area (Å²) in [6.45, 7) is 0.323. The van der Waals surface area contributed by atoms with Crippen molar-refractivity contribution < 1.29 is 4.74 Å². The summed E-state index contributed by atoms with van der Waals surface area (Å²) in [5.74, 6) is 0.522. The molecule has 0 fully saturated rings. The summed E-state index contributed by atoms with van der Waals surface area (Å²) in [5.41, 5.74) is 0.875. The first-order valence-electron chi connectivity index (χ1n) is 5.18. The topological polar surface area (TPSA) is 9.23 Å². The molecule has 1 nitrogen and oxygen atoms in total. The van der Waals surface area contributed by atoms with Gasteiger partial charge in [0.1, 0.15) is 12.4 Å². The van der Waals surface area contributed by atoms with E-state index < -0.39 is 0 Å². The van der Waals surface area contributed by atoms with Crippen molar-refractivity contribution in [1.82, 2.24) is 0 Å². The highest BCUT2D eigenvalue weighted by Crippen LogP contribution is 2.34. The lowest BCUT2D eigenvalue weighted by molar-refractivity contribution is 0.306. The normalized spacial score (nSPS) is 10.6. The highest BCUT2D eigenvalue weighted by Gasteiger charge is 2.08. The van der Waals surface area contributed by atoms with Gasteiger partial charge >= 0.3 is 0 Å². The largest absolute Gasteiger partial charge is 0.487 e. The van der Waals surface area contributed by atoms with E-state index in [0.717, 1.165) is 14.5 Å². The molecule has 0 bridgehead atoms. The zero-order valence-electron chi connectivity index (χ0n) is 9.39. The zero-order chi connectivity index (χ0) is 14.0. The van der Waals surface area contributed by atoms with Gasteiger partial charge in [0.2, 0.25) is 0 Å². The predicted molar refractivity (Wildman–Crippen MR) is 87.6 cm³/mol. The lowest BCUT2D eigenvalue weighted by Crippen LogP contribution is -1.97. The van der Waals surface area contributed by atoms with Gasteiger partial charge in [-0.2, -0.15) is 0 Å². The molecule has 0 saturated heterocycles. The molecule has 0 heterocycles. The Kier molecular flexibility index (Phi) is 5.44. The lowest BCUT2D eigenvalue weighted by atomic mass is 10.2. The zero-order valence-corrected chi connectivity index (χ0v) is 14.8. The number of hydrogen-bond acceptors (Lipinski definition) is 1. The van der Waals surface area contributed by atoms with Crippen molar-refractivity contribution in [2.24, 2.45) is 0 Å². The fourth-order valence-corrected chi connectivity index (χ4v) is 2.98. The van der Waals surface area contributed by atoms with Crippen molar-refractivity contribution >= 4 is 66.7 Å². The van der Waals surface area contributed by atoms with Crippen molar-refractivity contribution in [2.75, 3.05) is 0 Å². The third-order valence-corrected chi connectivity index (χ3v) is 4.71. The Hall–Kier alpha value is 0.0700. The molecule has 0 unspecified atom stereocenters. The van der Waals surface area contributed by atoms with Crippen molar-refractivity contribution in [3.05, 3.63) is 59.9 Å². The van der Waals surface area contributed by atoms with Gasteiger partial charge in [0.05, 0.1) is 10.0 Å². The molecule has 2 aromatic rings. The van der Waals surface area contributed by atoms with E-state index in [1.54, 1.807) is 12.1 Å². The van der Waals surface area contributed by atoms with E-state index in [0.29, 0.717) is 27.4 Å². The average Bonchev–Trinajstić information content (AvgIpc) is 2.34. The summed E-state index contributed by atoms with van der Waals surface area (Å²) in [5, 5.41) is 1.67. The molecular weight excluding hydrogens is 438 g/mol. The summed E-state index contributed by atoms with van der Waals surface area (Å²) in [6, 6.07) is 8.97. The second-order valence-corrected chi connectivity index (χ2v) is 6.71. The van der Waals surface area contributed by atoms with E-state index in [-0.39, 0.29) is 0 Å². The number of hydrogen-bond donors (Lipinski definition) is 0. The maximum atomic E-state index is 6.12. The number of benzene rings is 2. The van der Waals surface area contributed by atoms with Gasteiger partial charge in [-0.3, -0.25) is 0 Å². The van der Waals surface area contributed by atoms with Crippen molar-refractivity contribution in [3.8, 4) is 5.75 Å². The maximum absolute atomic E-state index is 6.12. The summed E-state index contributed by atoms with van der Waals surface area (Å²) in [4.78, 5) is 0. The van der Waals surface area contributed by atoms with Crippen LogP contribution in [0.3, 0.4) is 0 Å². The molecule has 0 atom stereocenters. The minimum atomic E-state index is 0.323. The third-order valence-electron chi connectivity index (χ3n) is 2.37. The number of halogens is 5. The Balaban J connectivity index is 2.16. The molecule has 2 rings (SSSR count). The van der Waals surface area contributed by atoms with Crippen LogP contribution >= 0.6 is 66.7 Å². The summed E-state index contributed by atoms with van der Waals surface area (Å²) >= 11 is 24.8. The van der Waals surface area contributed by atoms with Crippen LogP contribution in [-0.2, 0) is 6.61 Å². The second-order valence-electron chi connectivity index (χ2n) is 3.72. The first kappa shape index (κ1) is 15.5. The smallest absolute Gasteiger partial charge is 0.139 e. The highest BCUT2D eigenvalue weighted by molar-refractivity contribution is 9.10. The Morgan fingerprint density at radius 3 is 2.32 bits per heavy atom. The first-order chi connectivity index (χ1) is 8.97. The van der Waals surface area contributed by atoms with Gasteiger partial charge in [-0.25, -0.2) is 0 Å². The van der Waals surface area contributed by atoms with Crippen LogP contribution in [0.1, 0.15) is 5.56 Å². The minimum absolute atomic E-state index is 0.323. The van der Waals surface area contributed by atoms with Crippen LogP contribution in [0.25, 0.3) is 0 Å². The van der Waals surface area contributed by atoms with Crippen molar-refractivity contribution in [2.45, 2.75) is 6.61 Å². The summed E-state index contributed by atoms with van der Waals surface area (Å²) < 4.78 is 7.29. The Labute approximate surface area is 143 Å². The molecule has 0 spiro atoms. The molecule has 0 radical (unpaired) electrons. The minimum Gasteiger partial charge on any atom is -0.487 e. The summed E-state index contributed by atoms with van der Waals surface area (Å²) in [7, 11) is 0. The number of rotatable bonds is 3. The SMILES string of the molecule is Clc1cc(OCc2ccc(Br)cc2Cl)c(Cl)cc1Br. The molecule has 6 heteroatoms. The molecule has 0 aromatic heterocycles. The van der Waals surface area contributed by atoms with E-state index >= 15 is 0 Å². The molecule has 100 valence electrons. The van der Waals surface area contributed by atoms with Crippen LogP contribution in [0.2, 0.25) is 15.1 Å².